The summed E-state index contributed by atoms with van der Waals surface area (Å²) in [6, 6.07) is 0. The number of esters is 3. The SMILES string of the molecule is COC(=O)[C@H](C)OP(=O)(O[C@@H](C)C(=O)OC)O[C@@H](C)C(=O)OC. The molecule has 0 amide bonds. The lowest BCUT2D eigenvalue weighted by molar-refractivity contribution is -0.154. The molecule has 0 N–H and O–H groups in total. The molecule has 3 atom stereocenters. The Hall–Kier alpha value is -1.48. The number of carbonyl (C=O) groups excluding carboxylic acids is 3. The molecule has 11 heteroatoms. The van der Waals surface area contributed by atoms with Crippen LogP contribution >= 0.6 is 7.82 Å². The van der Waals surface area contributed by atoms with E-state index in [0.717, 1.165) is 21.3 Å². The van der Waals surface area contributed by atoms with Crippen molar-refractivity contribution in [1.82, 2.24) is 0 Å². The van der Waals surface area contributed by atoms with Gasteiger partial charge in [-0.15, -0.1) is 0 Å². The van der Waals surface area contributed by atoms with Gasteiger partial charge in [-0.1, -0.05) is 0 Å². The first-order valence-corrected chi connectivity index (χ1v) is 7.95. The lowest BCUT2D eigenvalue weighted by Gasteiger charge is -2.24. The highest BCUT2D eigenvalue weighted by molar-refractivity contribution is 7.48. The molecular weight excluding hydrogens is 335 g/mol. The summed E-state index contributed by atoms with van der Waals surface area (Å²) in [5.74, 6) is -2.56. The van der Waals surface area contributed by atoms with Gasteiger partial charge in [-0.25, -0.2) is 18.9 Å². The van der Waals surface area contributed by atoms with Crippen LogP contribution in [0.4, 0.5) is 0 Å². The number of phosphoric ester groups is 1. The third kappa shape index (κ3) is 7.08. The molecule has 0 aromatic carbocycles. The van der Waals surface area contributed by atoms with Gasteiger partial charge < -0.3 is 14.2 Å². The summed E-state index contributed by atoms with van der Waals surface area (Å²) < 4.78 is 40.7. The zero-order valence-electron chi connectivity index (χ0n) is 13.8. The maximum atomic E-state index is 12.6. The predicted octanol–water partition coefficient (Wildman–Crippen LogP) is 0.829. The fourth-order valence-electron chi connectivity index (χ4n) is 1.28. The standard InChI is InChI=1S/C12H21O10P/c1-7(10(13)17-4)20-23(16,21-8(2)11(14)18-5)22-9(3)12(15)19-6/h7-9H,1-6H3/t7-,8-,9-/m0/s1. The largest absolute Gasteiger partial charge is 0.477 e. The summed E-state index contributed by atoms with van der Waals surface area (Å²) in [6.45, 7) is 3.70. The van der Waals surface area contributed by atoms with Crippen LogP contribution in [-0.2, 0) is 46.7 Å². The van der Waals surface area contributed by atoms with Crippen molar-refractivity contribution in [2.24, 2.45) is 0 Å². The second kappa shape index (κ2) is 9.61. The summed E-state index contributed by atoms with van der Waals surface area (Å²) in [4.78, 5) is 34.1. The van der Waals surface area contributed by atoms with Gasteiger partial charge in [0.2, 0.25) is 0 Å². The highest BCUT2D eigenvalue weighted by Crippen LogP contribution is 2.53. The Morgan fingerprint density at radius 2 is 0.870 bits per heavy atom. The number of hydrogen-bond donors (Lipinski definition) is 0. The maximum absolute atomic E-state index is 12.6. The number of hydrogen-bond acceptors (Lipinski definition) is 10. The fraction of sp³-hybridized carbons (Fsp3) is 0.750. The highest BCUT2D eigenvalue weighted by atomic mass is 31.2. The van der Waals surface area contributed by atoms with Gasteiger partial charge in [0.25, 0.3) is 0 Å². The van der Waals surface area contributed by atoms with Crippen LogP contribution in [0.2, 0.25) is 0 Å². The fourth-order valence-corrected chi connectivity index (χ4v) is 2.85. The van der Waals surface area contributed by atoms with Crippen molar-refractivity contribution in [3.05, 3.63) is 0 Å². The smallest absolute Gasteiger partial charge is 0.467 e. The Morgan fingerprint density at radius 1 is 0.652 bits per heavy atom. The van der Waals surface area contributed by atoms with Crippen LogP contribution < -0.4 is 0 Å². The van der Waals surface area contributed by atoms with Crippen LogP contribution in [0.5, 0.6) is 0 Å². The zero-order valence-corrected chi connectivity index (χ0v) is 14.7. The molecule has 0 rings (SSSR count). The quantitative estimate of drug-likeness (QED) is 0.333. The molecule has 0 fully saturated rings. The lowest BCUT2D eigenvalue weighted by Crippen LogP contribution is -2.29. The van der Waals surface area contributed by atoms with E-state index in [1.54, 1.807) is 0 Å². The molecule has 0 aliphatic rings. The van der Waals surface area contributed by atoms with E-state index in [1.165, 1.54) is 20.8 Å². The second-order valence-corrected chi connectivity index (χ2v) is 5.79. The first-order chi connectivity index (χ1) is 10.6. The topological polar surface area (TPSA) is 124 Å². The molecule has 0 saturated carbocycles. The van der Waals surface area contributed by atoms with E-state index < -0.39 is 44.0 Å². The van der Waals surface area contributed by atoms with Crippen molar-refractivity contribution >= 4 is 25.7 Å². The summed E-state index contributed by atoms with van der Waals surface area (Å²) in [7, 11) is -1.19. The summed E-state index contributed by atoms with van der Waals surface area (Å²) in [5, 5.41) is 0. The molecule has 0 saturated heterocycles. The Kier molecular flexibility index (Phi) is 8.99. The Balaban J connectivity index is 5.25. The van der Waals surface area contributed by atoms with E-state index in [1.807, 2.05) is 0 Å². The van der Waals surface area contributed by atoms with Gasteiger partial charge in [0.15, 0.2) is 18.3 Å². The average Bonchev–Trinajstić information content (AvgIpc) is 2.51. The van der Waals surface area contributed by atoms with Crippen LogP contribution in [0.15, 0.2) is 0 Å². The average molecular weight is 356 g/mol. The van der Waals surface area contributed by atoms with E-state index in [-0.39, 0.29) is 0 Å². The Morgan fingerprint density at radius 3 is 1.04 bits per heavy atom. The van der Waals surface area contributed by atoms with Crippen molar-refractivity contribution in [2.45, 2.75) is 39.1 Å². The number of phosphoric acid groups is 1. The second-order valence-electron chi connectivity index (χ2n) is 4.26. The van der Waals surface area contributed by atoms with Crippen molar-refractivity contribution in [2.75, 3.05) is 21.3 Å². The minimum atomic E-state index is -4.49. The molecule has 0 spiro atoms. The van der Waals surface area contributed by atoms with Crippen LogP contribution in [0.3, 0.4) is 0 Å². The molecule has 134 valence electrons. The van der Waals surface area contributed by atoms with Crippen LogP contribution in [-0.4, -0.2) is 57.5 Å². The van der Waals surface area contributed by atoms with Gasteiger partial charge in [0, 0.05) is 0 Å². The molecule has 0 radical (unpaired) electrons. The summed E-state index contributed by atoms with van der Waals surface area (Å²) in [5.41, 5.74) is 0. The lowest BCUT2D eigenvalue weighted by atomic mass is 10.4. The number of ether oxygens (including phenoxy) is 3. The highest BCUT2D eigenvalue weighted by Gasteiger charge is 2.39. The van der Waals surface area contributed by atoms with Gasteiger partial charge in [-0.2, -0.15) is 0 Å². The van der Waals surface area contributed by atoms with Crippen molar-refractivity contribution < 1.29 is 46.7 Å². The molecule has 0 bridgehead atoms. The molecule has 0 aliphatic carbocycles. The van der Waals surface area contributed by atoms with Gasteiger partial charge in [-0.3, -0.25) is 13.6 Å². The predicted molar refractivity (Wildman–Crippen MR) is 75.3 cm³/mol. The molecular formula is C12H21O10P. The molecule has 0 heterocycles. The van der Waals surface area contributed by atoms with Crippen molar-refractivity contribution in [3.8, 4) is 0 Å². The van der Waals surface area contributed by atoms with Gasteiger partial charge in [-0.05, 0) is 20.8 Å². The van der Waals surface area contributed by atoms with Crippen molar-refractivity contribution in [3.63, 3.8) is 0 Å². The van der Waals surface area contributed by atoms with Crippen LogP contribution in [0, 0.1) is 0 Å². The van der Waals surface area contributed by atoms with Gasteiger partial charge in [0.05, 0.1) is 21.3 Å². The zero-order chi connectivity index (χ0) is 18.2. The Bertz CT molecular complexity index is 410. The van der Waals surface area contributed by atoms with E-state index in [2.05, 4.69) is 14.2 Å². The minimum absolute atomic E-state index is 0.853. The van der Waals surface area contributed by atoms with Crippen molar-refractivity contribution in [1.29, 1.82) is 0 Å². The Labute approximate surface area is 133 Å². The maximum Gasteiger partial charge on any atom is 0.477 e. The normalized spacial score (nSPS) is 15.2. The molecule has 0 unspecified atom stereocenters. The number of carbonyl (C=O) groups is 3. The number of rotatable bonds is 9. The molecule has 0 aliphatic heterocycles. The molecule has 23 heavy (non-hydrogen) atoms. The van der Waals surface area contributed by atoms with Crippen LogP contribution in [0.25, 0.3) is 0 Å². The van der Waals surface area contributed by atoms with Gasteiger partial charge in [0.1, 0.15) is 0 Å². The summed E-state index contributed by atoms with van der Waals surface area (Å²) in [6.07, 6.45) is -4.00. The molecule has 0 aromatic rings. The molecule has 0 aromatic heterocycles. The van der Waals surface area contributed by atoms with E-state index in [4.69, 9.17) is 13.6 Å². The third-order valence-electron chi connectivity index (χ3n) is 2.46. The van der Waals surface area contributed by atoms with Crippen LogP contribution in [0.1, 0.15) is 20.8 Å². The monoisotopic (exact) mass is 356 g/mol. The van der Waals surface area contributed by atoms with E-state index >= 15 is 0 Å². The van der Waals surface area contributed by atoms with E-state index in [0.29, 0.717) is 0 Å². The van der Waals surface area contributed by atoms with E-state index in [9.17, 15) is 18.9 Å². The minimum Gasteiger partial charge on any atom is -0.467 e. The van der Waals surface area contributed by atoms with Gasteiger partial charge >= 0.3 is 25.7 Å². The first kappa shape index (κ1) is 21.5. The first-order valence-electron chi connectivity index (χ1n) is 6.48. The number of methoxy groups -OCH3 is 3. The summed E-state index contributed by atoms with van der Waals surface area (Å²) >= 11 is 0. The molecule has 10 nitrogen and oxygen atoms in total. The third-order valence-corrected chi connectivity index (χ3v) is 4.18.